The highest BCUT2D eigenvalue weighted by atomic mass is 16.4. The lowest BCUT2D eigenvalue weighted by Crippen LogP contribution is -2.38. The van der Waals surface area contributed by atoms with E-state index in [-0.39, 0.29) is 0 Å². The van der Waals surface area contributed by atoms with Crippen molar-refractivity contribution in [3.05, 3.63) is 24.0 Å². The van der Waals surface area contributed by atoms with E-state index in [2.05, 4.69) is 10.3 Å². The molecule has 1 aromatic rings. The second-order valence-corrected chi connectivity index (χ2v) is 2.62. The van der Waals surface area contributed by atoms with Crippen LogP contribution in [0.25, 0.3) is 0 Å². The topological polar surface area (TPSA) is 82.2 Å². The highest BCUT2D eigenvalue weighted by Gasteiger charge is 2.14. The number of carbonyl (C=O) groups excluding carboxylic acids is 1. The smallest absolute Gasteiger partial charge is 0.325 e. The number of carboxylic acids is 1. The number of nitrogens with one attached hydrogen (secondary N) is 2. The molecule has 0 aliphatic rings. The molecule has 1 rings (SSSR count). The van der Waals surface area contributed by atoms with Crippen molar-refractivity contribution in [3.8, 4) is 0 Å². The van der Waals surface area contributed by atoms with Gasteiger partial charge in [-0.2, -0.15) is 0 Å². The summed E-state index contributed by atoms with van der Waals surface area (Å²) in [5, 5.41) is 10.8. The van der Waals surface area contributed by atoms with E-state index in [0.29, 0.717) is 5.69 Å². The summed E-state index contributed by atoms with van der Waals surface area (Å²) in [6.07, 6.45) is 1.60. The van der Waals surface area contributed by atoms with Crippen molar-refractivity contribution in [2.24, 2.45) is 0 Å². The van der Waals surface area contributed by atoms with Crippen molar-refractivity contribution in [2.45, 2.75) is 13.0 Å². The summed E-state index contributed by atoms with van der Waals surface area (Å²) in [5.41, 5.74) is 0.355. The van der Waals surface area contributed by atoms with Crippen LogP contribution >= 0.6 is 0 Å². The van der Waals surface area contributed by atoms with E-state index in [0.717, 1.165) is 0 Å². The molecule has 0 aliphatic carbocycles. The number of aliphatic carboxylic acids is 1. The first-order valence-electron chi connectivity index (χ1n) is 3.78. The van der Waals surface area contributed by atoms with Crippen molar-refractivity contribution in [1.29, 1.82) is 0 Å². The van der Waals surface area contributed by atoms with Crippen LogP contribution in [0.2, 0.25) is 0 Å². The van der Waals surface area contributed by atoms with Gasteiger partial charge in [0, 0.05) is 6.20 Å². The maximum absolute atomic E-state index is 11.2. The molecule has 0 fully saturated rings. The van der Waals surface area contributed by atoms with Gasteiger partial charge in [-0.1, -0.05) is 0 Å². The average Bonchev–Trinajstić information content (AvgIpc) is 2.55. The number of hydrogen-bond acceptors (Lipinski definition) is 2. The molecule has 70 valence electrons. The van der Waals surface area contributed by atoms with Crippen molar-refractivity contribution < 1.29 is 14.7 Å². The number of H-pyrrole nitrogens is 1. The van der Waals surface area contributed by atoms with Crippen LogP contribution in [0.5, 0.6) is 0 Å². The van der Waals surface area contributed by atoms with Crippen LogP contribution in [-0.2, 0) is 4.79 Å². The van der Waals surface area contributed by atoms with Crippen molar-refractivity contribution in [1.82, 2.24) is 10.3 Å². The highest BCUT2D eigenvalue weighted by Crippen LogP contribution is 1.94. The molecule has 1 atom stereocenters. The summed E-state index contributed by atoms with van der Waals surface area (Å²) in [6, 6.07) is 2.36. The SMILES string of the molecule is CC(NC(=O)c1ccc[nH]1)C(=O)O. The zero-order valence-corrected chi connectivity index (χ0v) is 7.07. The van der Waals surface area contributed by atoms with E-state index in [1.54, 1.807) is 18.3 Å². The molecular weight excluding hydrogens is 172 g/mol. The summed E-state index contributed by atoms with van der Waals surface area (Å²) >= 11 is 0. The van der Waals surface area contributed by atoms with Gasteiger partial charge < -0.3 is 15.4 Å². The quantitative estimate of drug-likeness (QED) is 0.625. The summed E-state index contributed by atoms with van der Waals surface area (Å²) in [5.74, 6) is -1.47. The van der Waals surface area contributed by atoms with Crippen LogP contribution in [0.3, 0.4) is 0 Å². The maximum atomic E-state index is 11.2. The first-order chi connectivity index (χ1) is 6.11. The first kappa shape index (κ1) is 9.31. The Morgan fingerprint density at radius 1 is 1.62 bits per heavy atom. The Balaban J connectivity index is 2.56. The Bertz CT molecular complexity index is 305. The molecule has 0 radical (unpaired) electrons. The fourth-order valence-electron chi connectivity index (χ4n) is 0.808. The van der Waals surface area contributed by atoms with Gasteiger partial charge in [0.15, 0.2) is 0 Å². The molecule has 0 spiro atoms. The maximum Gasteiger partial charge on any atom is 0.325 e. The van der Waals surface area contributed by atoms with Gasteiger partial charge in [0.25, 0.3) is 5.91 Å². The van der Waals surface area contributed by atoms with Gasteiger partial charge in [-0.3, -0.25) is 9.59 Å². The molecule has 0 aliphatic heterocycles. The lowest BCUT2D eigenvalue weighted by molar-refractivity contribution is -0.138. The Labute approximate surface area is 74.8 Å². The molecule has 3 N–H and O–H groups in total. The summed E-state index contributed by atoms with van der Waals surface area (Å²) in [4.78, 5) is 24.3. The Hall–Kier alpha value is -1.78. The fourth-order valence-corrected chi connectivity index (χ4v) is 0.808. The van der Waals surface area contributed by atoms with Gasteiger partial charge in [-0.15, -0.1) is 0 Å². The van der Waals surface area contributed by atoms with E-state index in [1.165, 1.54) is 6.92 Å². The average molecular weight is 182 g/mol. The number of carboxylic acid groups (broad SMARTS) is 1. The van der Waals surface area contributed by atoms with Gasteiger partial charge >= 0.3 is 5.97 Å². The molecule has 1 heterocycles. The molecule has 1 unspecified atom stereocenters. The molecule has 0 bridgehead atoms. The van der Waals surface area contributed by atoms with Crippen LogP contribution < -0.4 is 5.32 Å². The van der Waals surface area contributed by atoms with Crippen LogP contribution in [0.15, 0.2) is 18.3 Å². The third-order valence-electron chi connectivity index (χ3n) is 1.56. The van der Waals surface area contributed by atoms with Crippen molar-refractivity contribution in [2.75, 3.05) is 0 Å². The number of carbonyl (C=O) groups is 2. The summed E-state index contributed by atoms with van der Waals surface area (Å²) in [7, 11) is 0. The van der Waals surface area contributed by atoms with Crippen LogP contribution in [0, 0.1) is 0 Å². The molecular formula is C8H10N2O3. The normalized spacial score (nSPS) is 12.1. The van der Waals surface area contributed by atoms with Gasteiger partial charge in [0.05, 0.1) is 0 Å². The standard InChI is InChI=1S/C8H10N2O3/c1-5(8(12)13)10-7(11)6-3-2-4-9-6/h2-5,9H,1H3,(H,10,11)(H,12,13). The van der Waals surface area contributed by atoms with Crippen LogP contribution in [0.4, 0.5) is 0 Å². The Kier molecular flexibility index (Phi) is 2.69. The van der Waals surface area contributed by atoms with E-state index in [9.17, 15) is 9.59 Å². The number of aromatic amines is 1. The van der Waals surface area contributed by atoms with Gasteiger partial charge in [-0.25, -0.2) is 0 Å². The second-order valence-electron chi connectivity index (χ2n) is 2.62. The molecule has 0 aromatic carbocycles. The molecule has 0 saturated carbocycles. The van der Waals surface area contributed by atoms with E-state index < -0.39 is 17.9 Å². The molecule has 13 heavy (non-hydrogen) atoms. The highest BCUT2D eigenvalue weighted by molar-refractivity contribution is 5.94. The molecule has 5 heteroatoms. The predicted octanol–water partition coefficient (Wildman–Crippen LogP) is 0.218. The van der Waals surface area contributed by atoms with Crippen molar-refractivity contribution >= 4 is 11.9 Å². The summed E-state index contributed by atoms with van der Waals surface area (Å²) < 4.78 is 0. The van der Waals surface area contributed by atoms with Gasteiger partial charge in [0.2, 0.25) is 0 Å². The monoisotopic (exact) mass is 182 g/mol. The third kappa shape index (κ3) is 2.33. The number of aromatic nitrogens is 1. The van der Waals surface area contributed by atoms with Crippen molar-refractivity contribution in [3.63, 3.8) is 0 Å². The summed E-state index contributed by atoms with van der Waals surface area (Å²) in [6.45, 7) is 1.41. The number of rotatable bonds is 3. The van der Waals surface area contributed by atoms with E-state index in [4.69, 9.17) is 5.11 Å². The minimum Gasteiger partial charge on any atom is -0.480 e. The zero-order valence-electron chi connectivity index (χ0n) is 7.07. The molecule has 0 saturated heterocycles. The largest absolute Gasteiger partial charge is 0.480 e. The number of amides is 1. The second kappa shape index (κ2) is 3.75. The van der Waals surface area contributed by atoms with E-state index >= 15 is 0 Å². The zero-order chi connectivity index (χ0) is 9.84. The van der Waals surface area contributed by atoms with Gasteiger partial charge in [-0.05, 0) is 19.1 Å². The predicted molar refractivity (Wildman–Crippen MR) is 45.4 cm³/mol. The lowest BCUT2D eigenvalue weighted by atomic mass is 10.3. The minimum atomic E-state index is -1.06. The molecule has 1 amide bonds. The van der Waals surface area contributed by atoms with E-state index in [1.807, 2.05) is 0 Å². The molecule has 1 aromatic heterocycles. The lowest BCUT2D eigenvalue weighted by Gasteiger charge is -2.07. The van der Waals surface area contributed by atoms with Gasteiger partial charge in [0.1, 0.15) is 11.7 Å². The Morgan fingerprint density at radius 3 is 2.77 bits per heavy atom. The van der Waals surface area contributed by atoms with Crippen LogP contribution in [0.1, 0.15) is 17.4 Å². The minimum absolute atomic E-state index is 0.355. The fraction of sp³-hybridized carbons (Fsp3) is 0.250. The Morgan fingerprint density at radius 2 is 2.31 bits per heavy atom. The molecule has 5 nitrogen and oxygen atoms in total. The first-order valence-corrected chi connectivity index (χ1v) is 3.78. The third-order valence-corrected chi connectivity index (χ3v) is 1.56. The number of hydrogen-bond donors (Lipinski definition) is 3. The van der Waals surface area contributed by atoms with Crippen LogP contribution in [-0.4, -0.2) is 28.0 Å².